The first-order valence-corrected chi connectivity index (χ1v) is 8.65. The lowest BCUT2D eigenvalue weighted by Crippen LogP contribution is -2.12. The van der Waals surface area contributed by atoms with Crippen LogP contribution in [-0.2, 0) is 22.3 Å². The molecule has 0 bridgehead atoms. The van der Waals surface area contributed by atoms with E-state index in [1.165, 1.54) is 11.3 Å². The van der Waals surface area contributed by atoms with Gasteiger partial charge in [-0.2, -0.15) is 0 Å². The van der Waals surface area contributed by atoms with Crippen molar-refractivity contribution in [2.75, 3.05) is 4.72 Å². The number of para-hydroxylation sites is 1. The molecule has 2 rings (SSSR count). The third kappa shape index (κ3) is 3.29. The number of hydrogen-bond donors (Lipinski definition) is 1. The van der Waals surface area contributed by atoms with E-state index in [0.717, 1.165) is 16.9 Å². The first-order chi connectivity index (χ1) is 9.06. The van der Waals surface area contributed by atoms with Gasteiger partial charge in [-0.05, 0) is 30.2 Å². The third-order valence-corrected chi connectivity index (χ3v) is 6.03. The molecule has 19 heavy (non-hydrogen) atoms. The molecular formula is C13H14ClNO2S2. The van der Waals surface area contributed by atoms with E-state index in [2.05, 4.69) is 4.72 Å². The summed E-state index contributed by atoms with van der Waals surface area (Å²) in [5.41, 5.74) is 1.30. The number of alkyl halides is 1. The summed E-state index contributed by atoms with van der Waals surface area (Å²) in [6, 6.07) is 10.6. The highest BCUT2D eigenvalue weighted by Crippen LogP contribution is 2.26. The van der Waals surface area contributed by atoms with Gasteiger partial charge in [0, 0.05) is 10.8 Å². The molecule has 0 aliphatic heterocycles. The summed E-state index contributed by atoms with van der Waals surface area (Å²) in [5, 5.41) is 0. The van der Waals surface area contributed by atoms with Crippen LogP contribution in [0.1, 0.15) is 17.4 Å². The number of rotatable bonds is 5. The summed E-state index contributed by atoms with van der Waals surface area (Å²) in [7, 11) is -3.53. The minimum atomic E-state index is -3.53. The second-order valence-electron chi connectivity index (χ2n) is 3.97. The van der Waals surface area contributed by atoms with Crippen molar-refractivity contribution in [3.05, 3.63) is 46.8 Å². The highest BCUT2D eigenvalue weighted by molar-refractivity contribution is 7.94. The molecule has 0 saturated carbocycles. The summed E-state index contributed by atoms with van der Waals surface area (Å²) in [5.74, 6) is 0.267. The van der Waals surface area contributed by atoms with Gasteiger partial charge in [0.05, 0.1) is 5.69 Å². The normalized spacial score (nSPS) is 11.5. The highest BCUT2D eigenvalue weighted by Gasteiger charge is 2.17. The molecule has 0 amide bonds. The van der Waals surface area contributed by atoms with Crippen LogP contribution in [0.2, 0.25) is 0 Å². The Hall–Kier alpha value is -1.04. The SMILES string of the molecule is CCc1ccc(S(=O)(=O)Nc2ccccc2CCl)s1. The Kier molecular flexibility index (Phi) is 4.50. The first-order valence-electron chi connectivity index (χ1n) is 5.82. The van der Waals surface area contributed by atoms with Crippen LogP contribution in [0.25, 0.3) is 0 Å². The Morgan fingerprint density at radius 3 is 2.58 bits per heavy atom. The van der Waals surface area contributed by atoms with Crippen LogP contribution in [0.15, 0.2) is 40.6 Å². The molecule has 1 aromatic heterocycles. The van der Waals surface area contributed by atoms with Gasteiger partial charge in [-0.1, -0.05) is 25.1 Å². The van der Waals surface area contributed by atoms with Gasteiger partial charge < -0.3 is 0 Å². The fourth-order valence-electron chi connectivity index (χ4n) is 1.62. The van der Waals surface area contributed by atoms with Crippen LogP contribution in [0.4, 0.5) is 5.69 Å². The molecule has 2 aromatic rings. The minimum Gasteiger partial charge on any atom is -0.279 e. The molecule has 0 unspecified atom stereocenters. The summed E-state index contributed by atoms with van der Waals surface area (Å²) in [4.78, 5) is 1.05. The quantitative estimate of drug-likeness (QED) is 0.852. The van der Waals surface area contributed by atoms with E-state index in [4.69, 9.17) is 11.6 Å². The largest absolute Gasteiger partial charge is 0.279 e. The van der Waals surface area contributed by atoms with Gasteiger partial charge in [0.1, 0.15) is 4.21 Å². The monoisotopic (exact) mass is 315 g/mol. The molecule has 0 saturated heterocycles. The fourth-order valence-corrected chi connectivity index (χ4v) is 4.25. The first kappa shape index (κ1) is 14.4. The predicted octanol–water partition coefficient (Wildman–Crippen LogP) is 3.85. The smallest absolute Gasteiger partial charge is 0.271 e. The minimum absolute atomic E-state index is 0.267. The Balaban J connectivity index is 2.31. The summed E-state index contributed by atoms with van der Waals surface area (Å²) in [6.07, 6.45) is 0.832. The highest BCUT2D eigenvalue weighted by atomic mass is 35.5. The lowest BCUT2D eigenvalue weighted by Gasteiger charge is -2.09. The summed E-state index contributed by atoms with van der Waals surface area (Å²) < 4.78 is 27.4. The van der Waals surface area contributed by atoms with Crippen LogP contribution < -0.4 is 4.72 Å². The lowest BCUT2D eigenvalue weighted by molar-refractivity contribution is 0.603. The van der Waals surface area contributed by atoms with E-state index in [0.29, 0.717) is 9.90 Å². The second kappa shape index (κ2) is 5.94. The van der Waals surface area contributed by atoms with E-state index in [1.54, 1.807) is 24.3 Å². The van der Waals surface area contributed by atoms with Gasteiger partial charge in [-0.3, -0.25) is 4.72 Å². The van der Waals surface area contributed by atoms with Crippen molar-refractivity contribution in [1.29, 1.82) is 0 Å². The standard InChI is InChI=1S/C13H14ClNO2S2/c1-2-11-7-8-13(18-11)19(16,17)15-12-6-4-3-5-10(12)9-14/h3-8,15H,2,9H2,1H3. The number of aryl methyl sites for hydroxylation is 1. The Morgan fingerprint density at radius 1 is 1.21 bits per heavy atom. The number of anilines is 1. The molecule has 102 valence electrons. The van der Waals surface area contributed by atoms with Crippen LogP contribution in [0.5, 0.6) is 0 Å². The predicted molar refractivity (Wildman–Crippen MR) is 80.5 cm³/mol. The Morgan fingerprint density at radius 2 is 1.95 bits per heavy atom. The van der Waals surface area contributed by atoms with Crippen LogP contribution >= 0.6 is 22.9 Å². The zero-order chi connectivity index (χ0) is 13.9. The number of sulfonamides is 1. The number of thiophene rings is 1. The molecule has 0 radical (unpaired) electrons. The molecule has 6 heteroatoms. The molecule has 0 aliphatic carbocycles. The molecule has 0 spiro atoms. The second-order valence-corrected chi connectivity index (χ2v) is 7.32. The third-order valence-electron chi connectivity index (χ3n) is 2.66. The maximum absolute atomic E-state index is 12.3. The molecule has 0 atom stereocenters. The molecule has 0 fully saturated rings. The molecule has 1 N–H and O–H groups in total. The van der Waals surface area contributed by atoms with Crippen molar-refractivity contribution in [2.24, 2.45) is 0 Å². The van der Waals surface area contributed by atoms with Gasteiger partial charge in [0.2, 0.25) is 0 Å². The molecule has 1 aromatic carbocycles. The van der Waals surface area contributed by atoms with Gasteiger partial charge in [-0.25, -0.2) is 8.42 Å². The van der Waals surface area contributed by atoms with Gasteiger partial charge in [0.25, 0.3) is 10.0 Å². The maximum atomic E-state index is 12.3. The number of nitrogens with one attached hydrogen (secondary N) is 1. The van der Waals surface area contributed by atoms with Crippen LogP contribution in [0.3, 0.4) is 0 Å². The lowest BCUT2D eigenvalue weighted by atomic mass is 10.2. The molecular weight excluding hydrogens is 302 g/mol. The average Bonchev–Trinajstić information content (AvgIpc) is 2.88. The molecule has 3 nitrogen and oxygen atoms in total. The van der Waals surface area contributed by atoms with Crippen molar-refractivity contribution in [3.8, 4) is 0 Å². The molecule has 0 aliphatic rings. The van der Waals surface area contributed by atoms with E-state index in [9.17, 15) is 8.42 Å². The Labute approximate surface area is 122 Å². The van der Waals surface area contributed by atoms with Crippen molar-refractivity contribution in [1.82, 2.24) is 0 Å². The zero-order valence-corrected chi connectivity index (χ0v) is 12.8. The number of hydrogen-bond acceptors (Lipinski definition) is 3. The van der Waals surface area contributed by atoms with Crippen LogP contribution in [0, 0.1) is 0 Å². The van der Waals surface area contributed by atoms with Crippen molar-refractivity contribution < 1.29 is 8.42 Å². The van der Waals surface area contributed by atoms with E-state index in [-0.39, 0.29) is 5.88 Å². The van der Waals surface area contributed by atoms with E-state index in [1.807, 2.05) is 19.1 Å². The van der Waals surface area contributed by atoms with Crippen molar-refractivity contribution >= 4 is 38.6 Å². The summed E-state index contributed by atoms with van der Waals surface area (Å²) >= 11 is 7.09. The van der Waals surface area contributed by atoms with Gasteiger partial charge in [-0.15, -0.1) is 22.9 Å². The summed E-state index contributed by atoms with van der Waals surface area (Å²) in [6.45, 7) is 2.00. The van der Waals surface area contributed by atoms with E-state index < -0.39 is 10.0 Å². The average molecular weight is 316 g/mol. The topological polar surface area (TPSA) is 46.2 Å². The van der Waals surface area contributed by atoms with Crippen molar-refractivity contribution in [3.63, 3.8) is 0 Å². The maximum Gasteiger partial charge on any atom is 0.271 e. The molecule has 1 heterocycles. The number of benzene rings is 1. The Bertz CT molecular complexity index is 665. The van der Waals surface area contributed by atoms with Gasteiger partial charge in [0.15, 0.2) is 0 Å². The van der Waals surface area contributed by atoms with Gasteiger partial charge >= 0.3 is 0 Å². The van der Waals surface area contributed by atoms with Crippen LogP contribution in [-0.4, -0.2) is 8.42 Å². The van der Waals surface area contributed by atoms with Crippen molar-refractivity contribution in [2.45, 2.75) is 23.4 Å². The fraction of sp³-hybridized carbons (Fsp3) is 0.231. The van der Waals surface area contributed by atoms with E-state index >= 15 is 0 Å². The zero-order valence-electron chi connectivity index (χ0n) is 10.4. The number of halogens is 1.